The predicted molar refractivity (Wildman–Crippen MR) is 141 cm³/mol. The number of aryl methyl sites for hydroxylation is 1. The number of aromatic nitrogens is 1. The van der Waals surface area contributed by atoms with Crippen molar-refractivity contribution in [1.82, 2.24) is 15.2 Å². The molecule has 0 radical (unpaired) electrons. The summed E-state index contributed by atoms with van der Waals surface area (Å²) < 4.78 is 0. The second-order valence-corrected chi connectivity index (χ2v) is 9.65. The number of hydrogen-bond donors (Lipinski definition) is 1. The minimum absolute atomic E-state index is 0.343. The maximum Gasteiger partial charge on any atom is 0.223 e. The number of carbonyl (C=O) groups is 2. The molecular weight excluding hydrogens is 442 g/mol. The zero-order valence-corrected chi connectivity index (χ0v) is 21.6. The lowest BCUT2D eigenvalue weighted by atomic mass is 10.1. The maximum atomic E-state index is 11.6. The standard InChI is InChI=1S/C12H12N2OS.C10H19NO.C6H6/c1-9-12(16-8-14-9)11-4-2-10(3-5-11)6-13-7-15;1-8(2)7-10(12)11-6-4-5-9(11)3;1-2-4-6-5-3-1/h2-5,7-8H,6H2,1H3,(H,13,15);8-9H,4-7H2,1-3H3;1-6H. The van der Waals surface area contributed by atoms with Crippen LogP contribution in [0, 0.1) is 12.8 Å². The molecule has 1 unspecified atom stereocenters. The molecule has 2 amide bonds. The Labute approximate surface area is 208 Å². The quantitative estimate of drug-likeness (QED) is 0.435. The Balaban J connectivity index is 0.000000199. The summed E-state index contributed by atoms with van der Waals surface area (Å²) in [6.45, 7) is 9.90. The van der Waals surface area contributed by atoms with E-state index in [1.807, 2.05) is 65.9 Å². The fraction of sp³-hybridized carbons (Fsp3) is 0.393. The molecule has 1 aliphatic rings. The van der Waals surface area contributed by atoms with Crippen molar-refractivity contribution in [2.75, 3.05) is 6.54 Å². The average Bonchev–Trinajstić information content (AvgIpc) is 3.47. The summed E-state index contributed by atoms with van der Waals surface area (Å²) in [6, 6.07) is 20.6. The molecule has 4 rings (SSSR count). The summed E-state index contributed by atoms with van der Waals surface area (Å²) >= 11 is 1.64. The summed E-state index contributed by atoms with van der Waals surface area (Å²) in [7, 11) is 0. The molecule has 182 valence electrons. The number of nitrogens with zero attached hydrogens (tertiary/aromatic N) is 2. The van der Waals surface area contributed by atoms with Crippen LogP contribution >= 0.6 is 11.3 Å². The molecule has 5 nitrogen and oxygen atoms in total. The Morgan fingerprint density at radius 1 is 1.15 bits per heavy atom. The number of amides is 2. The van der Waals surface area contributed by atoms with Crippen LogP contribution in [0.5, 0.6) is 0 Å². The molecule has 1 saturated heterocycles. The number of nitrogens with one attached hydrogen (secondary N) is 1. The molecule has 34 heavy (non-hydrogen) atoms. The van der Waals surface area contributed by atoms with E-state index in [9.17, 15) is 9.59 Å². The van der Waals surface area contributed by atoms with Gasteiger partial charge in [-0.3, -0.25) is 9.59 Å². The van der Waals surface area contributed by atoms with E-state index in [2.05, 4.69) is 43.2 Å². The molecule has 0 spiro atoms. The third-order valence-corrected chi connectivity index (χ3v) is 6.45. The van der Waals surface area contributed by atoms with Crippen LogP contribution < -0.4 is 5.32 Å². The summed E-state index contributed by atoms with van der Waals surface area (Å²) in [6.07, 6.45) is 3.79. The zero-order chi connectivity index (χ0) is 24.8. The number of hydrogen-bond acceptors (Lipinski definition) is 4. The lowest BCUT2D eigenvalue weighted by Gasteiger charge is -2.22. The van der Waals surface area contributed by atoms with Gasteiger partial charge in [-0.2, -0.15) is 0 Å². The van der Waals surface area contributed by atoms with Crippen LogP contribution in [0.4, 0.5) is 0 Å². The number of carbonyl (C=O) groups excluding carboxylic acids is 2. The molecule has 1 fully saturated rings. The van der Waals surface area contributed by atoms with Gasteiger partial charge in [0.15, 0.2) is 0 Å². The molecule has 1 aliphatic heterocycles. The topological polar surface area (TPSA) is 62.3 Å². The zero-order valence-electron chi connectivity index (χ0n) is 20.7. The highest BCUT2D eigenvalue weighted by molar-refractivity contribution is 7.13. The van der Waals surface area contributed by atoms with Crippen molar-refractivity contribution in [2.24, 2.45) is 5.92 Å². The molecule has 1 aromatic heterocycles. The first-order valence-corrected chi connectivity index (χ1v) is 12.8. The van der Waals surface area contributed by atoms with Crippen molar-refractivity contribution < 1.29 is 9.59 Å². The molecule has 1 N–H and O–H groups in total. The second-order valence-electron chi connectivity index (χ2n) is 8.79. The maximum absolute atomic E-state index is 11.6. The largest absolute Gasteiger partial charge is 0.355 e. The Kier molecular flexibility index (Phi) is 12.0. The number of benzene rings is 2. The molecular formula is C28H37N3O2S. The highest BCUT2D eigenvalue weighted by Crippen LogP contribution is 2.27. The Morgan fingerprint density at radius 2 is 1.76 bits per heavy atom. The van der Waals surface area contributed by atoms with Crippen LogP contribution in [-0.4, -0.2) is 34.8 Å². The van der Waals surface area contributed by atoms with E-state index in [1.165, 1.54) is 23.3 Å². The van der Waals surface area contributed by atoms with Crippen LogP contribution in [0.25, 0.3) is 10.4 Å². The second kappa shape index (κ2) is 15.0. The minimum Gasteiger partial charge on any atom is -0.355 e. The smallest absolute Gasteiger partial charge is 0.223 e. The minimum atomic E-state index is 0.343. The van der Waals surface area contributed by atoms with Crippen molar-refractivity contribution in [3.05, 3.63) is 77.4 Å². The molecule has 2 heterocycles. The predicted octanol–water partition coefficient (Wildman–Crippen LogP) is 6.09. The van der Waals surface area contributed by atoms with Gasteiger partial charge in [-0.05, 0) is 43.7 Å². The fourth-order valence-corrected chi connectivity index (χ4v) is 4.48. The molecule has 6 heteroatoms. The van der Waals surface area contributed by atoms with Gasteiger partial charge in [0, 0.05) is 25.6 Å². The highest BCUT2D eigenvalue weighted by atomic mass is 32.1. The molecule has 1 atom stereocenters. The summed E-state index contributed by atoms with van der Waals surface area (Å²) in [5, 5.41) is 2.64. The van der Waals surface area contributed by atoms with Crippen LogP contribution in [0.15, 0.2) is 66.2 Å². The SMILES string of the molecule is CC(C)CC(=O)N1CCCC1C.Cc1ncsc1-c1ccc(CNC=O)cc1.c1ccccc1. The van der Waals surface area contributed by atoms with E-state index in [-0.39, 0.29) is 0 Å². The number of thiazole rings is 1. The van der Waals surface area contributed by atoms with E-state index >= 15 is 0 Å². The summed E-state index contributed by atoms with van der Waals surface area (Å²) in [5.41, 5.74) is 5.18. The van der Waals surface area contributed by atoms with Crippen molar-refractivity contribution in [3.63, 3.8) is 0 Å². The third kappa shape index (κ3) is 9.48. The van der Waals surface area contributed by atoms with Crippen LogP contribution in [0.1, 0.15) is 51.3 Å². The van der Waals surface area contributed by atoms with E-state index in [4.69, 9.17) is 0 Å². The molecule has 3 aromatic rings. The van der Waals surface area contributed by atoms with Crippen molar-refractivity contribution in [2.45, 2.75) is 59.5 Å². The molecule has 0 aliphatic carbocycles. The van der Waals surface area contributed by atoms with E-state index in [0.29, 0.717) is 37.2 Å². The Hall–Kier alpha value is -2.99. The first kappa shape index (κ1) is 27.3. The highest BCUT2D eigenvalue weighted by Gasteiger charge is 2.24. The number of rotatable bonds is 6. The normalized spacial score (nSPS) is 14.5. The first-order valence-electron chi connectivity index (χ1n) is 11.9. The van der Waals surface area contributed by atoms with Gasteiger partial charge < -0.3 is 10.2 Å². The summed E-state index contributed by atoms with van der Waals surface area (Å²) in [5.74, 6) is 0.834. The lowest BCUT2D eigenvalue weighted by molar-refractivity contribution is -0.132. The first-order chi connectivity index (χ1) is 16.4. The van der Waals surface area contributed by atoms with Gasteiger partial charge in [0.25, 0.3) is 0 Å². The summed E-state index contributed by atoms with van der Waals surface area (Å²) in [4.78, 5) is 29.2. The fourth-order valence-electron chi connectivity index (χ4n) is 3.67. The van der Waals surface area contributed by atoms with Gasteiger partial charge in [-0.1, -0.05) is 74.5 Å². The number of likely N-dealkylation sites (tertiary alicyclic amines) is 1. The van der Waals surface area contributed by atoms with Gasteiger partial charge in [0.2, 0.25) is 12.3 Å². The van der Waals surface area contributed by atoms with E-state index in [0.717, 1.165) is 17.8 Å². The Bertz CT molecular complexity index is 944. The van der Waals surface area contributed by atoms with Gasteiger partial charge >= 0.3 is 0 Å². The van der Waals surface area contributed by atoms with Crippen LogP contribution in [0.3, 0.4) is 0 Å². The lowest BCUT2D eigenvalue weighted by Crippen LogP contribution is -2.34. The molecule has 0 saturated carbocycles. The van der Waals surface area contributed by atoms with Crippen LogP contribution in [-0.2, 0) is 16.1 Å². The average molecular weight is 480 g/mol. The van der Waals surface area contributed by atoms with Gasteiger partial charge in [-0.25, -0.2) is 4.98 Å². The van der Waals surface area contributed by atoms with E-state index < -0.39 is 0 Å². The molecule has 2 aromatic carbocycles. The van der Waals surface area contributed by atoms with Crippen molar-refractivity contribution in [1.29, 1.82) is 0 Å². The van der Waals surface area contributed by atoms with E-state index in [1.54, 1.807) is 11.3 Å². The Morgan fingerprint density at radius 3 is 2.21 bits per heavy atom. The monoisotopic (exact) mass is 479 g/mol. The van der Waals surface area contributed by atoms with Crippen molar-refractivity contribution >= 4 is 23.7 Å². The van der Waals surface area contributed by atoms with Crippen LogP contribution in [0.2, 0.25) is 0 Å². The van der Waals surface area contributed by atoms with Gasteiger partial charge in [-0.15, -0.1) is 11.3 Å². The van der Waals surface area contributed by atoms with Crippen molar-refractivity contribution in [3.8, 4) is 10.4 Å². The van der Waals surface area contributed by atoms with Gasteiger partial charge in [0.05, 0.1) is 16.1 Å². The third-order valence-electron chi connectivity index (χ3n) is 5.47. The molecule has 0 bridgehead atoms. The van der Waals surface area contributed by atoms with Gasteiger partial charge in [0.1, 0.15) is 0 Å².